The number of aliphatic hydroxyl groups is 1. The molecule has 1 unspecified atom stereocenters. The summed E-state index contributed by atoms with van der Waals surface area (Å²) in [4.78, 5) is 10.5. The Balaban J connectivity index is 2.47. The van der Waals surface area contributed by atoms with Crippen LogP contribution in [0.25, 0.3) is 0 Å². The average Bonchev–Trinajstić information content (AvgIpc) is 2.83. The van der Waals surface area contributed by atoms with Crippen molar-refractivity contribution in [1.29, 1.82) is 0 Å². The fourth-order valence-electron chi connectivity index (χ4n) is 2.41. The molecule has 0 saturated carbocycles. The maximum absolute atomic E-state index is 9.14. The minimum Gasteiger partial charge on any atom is -0.396 e. The van der Waals surface area contributed by atoms with E-state index in [0.29, 0.717) is 5.92 Å². The second-order valence-electron chi connectivity index (χ2n) is 5.81. The molecule has 1 atom stereocenters. The summed E-state index contributed by atoms with van der Waals surface area (Å²) in [6, 6.07) is 0. The number of aromatic nitrogens is 1. The van der Waals surface area contributed by atoms with Gasteiger partial charge in [-0.15, -0.1) is 11.3 Å². The van der Waals surface area contributed by atoms with Crippen molar-refractivity contribution in [1.82, 2.24) is 15.6 Å². The molecule has 0 amide bonds. The van der Waals surface area contributed by atoms with Crippen LogP contribution in [0, 0.1) is 19.8 Å². The maximum Gasteiger partial charge on any atom is 0.191 e. The Labute approximate surface area is 144 Å². The van der Waals surface area contributed by atoms with Crippen LogP contribution in [0.5, 0.6) is 0 Å². The van der Waals surface area contributed by atoms with Gasteiger partial charge in [0, 0.05) is 37.5 Å². The molecular weight excluding hydrogens is 308 g/mol. The molecule has 1 aromatic heterocycles. The zero-order chi connectivity index (χ0) is 17.1. The zero-order valence-corrected chi connectivity index (χ0v) is 15.8. The molecule has 0 aliphatic heterocycles. The zero-order valence-electron chi connectivity index (χ0n) is 15.0. The van der Waals surface area contributed by atoms with Crippen molar-refractivity contribution in [2.75, 3.05) is 26.2 Å². The predicted molar refractivity (Wildman–Crippen MR) is 99.4 cm³/mol. The van der Waals surface area contributed by atoms with Crippen LogP contribution in [-0.2, 0) is 6.42 Å². The van der Waals surface area contributed by atoms with Crippen molar-refractivity contribution in [3.05, 3.63) is 15.6 Å². The smallest absolute Gasteiger partial charge is 0.191 e. The number of nitrogens with one attached hydrogen (secondary N) is 2. The van der Waals surface area contributed by atoms with Crippen molar-refractivity contribution in [3.63, 3.8) is 0 Å². The van der Waals surface area contributed by atoms with E-state index >= 15 is 0 Å². The molecule has 3 N–H and O–H groups in total. The molecule has 0 fully saturated rings. The van der Waals surface area contributed by atoms with E-state index in [9.17, 15) is 0 Å². The summed E-state index contributed by atoms with van der Waals surface area (Å²) in [5.74, 6) is 1.32. The van der Waals surface area contributed by atoms with Crippen LogP contribution < -0.4 is 10.6 Å². The highest BCUT2D eigenvalue weighted by atomic mass is 32.1. The molecule has 132 valence electrons. The molecule has 0 aliphatic rings. The lowest BCUT2D eigenvalue weighted by atomic mass is 10.0. The molecule has 1 heterocycles. The minimum atomic E-state index is 0.243. The van der Waals surface area contributed by atoms with Crippen molar-refractivity contribution >= 4 is 17.3 Å². The van der Waals surface area contributed by atoms with Gasteiger partial charge in [0.25, 0.3) is 0 Å². The molecule has 1 rings (SSSR count). The van der Waals surface area contributed by atoms with E-state index in [2.05, 4.69) is 48.3 Å². The summed E-state index contributed by atoms with van der Waals surface area (Å²) in [6.45, 7) is 11.1. The van der Waals surface area contributed by atoms with Crippen molar-refractivity contribution < 1.29 is 5.11 Å². The molecule has 0 saturated heterocycles. The molecule has 5 nitrogen and oxygen atoms in total. The van der Waals surface area contributed by atoms with Crippen LogP contribution in [0.1, 0.15) is 48.7 Å². The second kappa shape index (κ2) is 11.4. The van der Waals surface area contributed by atoms with Gasteiger partial charge in [-0.3, -0.25) is 4.99 Å². The van der Waals surface area contributed by atoms with Gasteiger partial charge in [-0.2, -0.15) is 0 Å². The molecular formula is C17H32N4OS. The van der Waals surface area contributed by atoms with Crippen LogP contribution in [0.15, 0.2) is 4.99 Å². The fraction of sp³-hybridized carbons (Fsp3) is 0.765. The van der Waals surface area contributed by atoms with Gasteiger partial charge in [0.15, 0.2) is 5.96 Å². The van der Waals surface area contributed by atoms with Crippen molar-refractivity contribution in [3.8, 4) is 0 Å². The molecule has 0 aliphatic carbocycles. The lowest BCUT2D eigenvalue weighted by Gasteiger charge is -2.15. The van der Waals surface area contributed by atoms with E-state index in [1.807, 2.05) is 0 Å². The lowest BCUT2D eigenvalue weighted by Crippen LogP contribution is -2.38. The SMILES string of the molecule is CCCC(CCO)CN=C(NCC)NCCc1nc(C)c(C)s1. The largest absolute Gasteiger partial charge is 0.396 e. The molecule has 1 aromatic rings. The monoisotopic (exact) mass is 340 g/mol. The molecule has 23 heavy (non-hydrogen) atoms. The lowest BCUT2D eigenvalue weighted by molar-refractivity contribution is 0.253. The summed E-state index contributed by atoms with van der Waals surface area (Å²) >= 11 is 1.77. The number of thiazole rings is 1. The van der Waals surface area contributed by atoms with E-state index in [-0.39, 0.29) is 6.61 Å². The summed E-state index contributed by atoms with van der Waals surface area (Å²) in [7, 11) is 0. The number of rotatable bonds is 10. The normalized spacial score (nSPS) is 13.2. The summed E-state index contributed by atoms with van der Waals surface area (Å²) in [5.41, 5.74) is 1.14. The number of aliphatic hydroxyl groups excluding tert-OH is 1. The minimum absolute atomic E-state index is 0.243. The number of aryl methyl sites for hydroxylation is 2. The van der Waals surface area contributed by atoms with Gasteiger partial charge in [-0.25, -0.2) is 4.98 Å². The third-order valence-electron chi connectivity index (χ3n) is 3.79. The highest BCUT2D eigenvalue weighted by Gasteiger charge is 2.08. The van der Waals surface area contributed by atoms with E-state index in [1.165, 1.54) is 9.88 Å². The van der Waals surface area contributed by atoms with Crippen molar-refractivity contribution in [2.24, 2.45) is 10.9 Å². The summed E-state index contributed by atoms with van der Waals surface area (Å²) in [5, 5.41) is 17.0. The Morgan fingerprint density at radius 1 is 1.26 bits per heavy atom. The van der Waals surface area contributed by atoms with E-state index in [4.69, 9.17) is 5.11 Å². The Kier molecular flexibility index (Phi) is 9.87. The topological polar surface area (TPSA) is 69.5 Å². The molecule has 0 spiro atoms. The highest BCUT2D eigenvalue weighted by Crippen LogP contribution is 2.16. The first-order valence-corrected chi connectivity index (χ1v) is 9.48. The van der Waals surface area contributed by atoms with Gasteiger partial charge in [0.2, 0.25) is 0 Å². The quantitative estimate of drug-likeness (QED) is 0.452. The molecule has 0 aromatic carbocycles. The third kappa shape index (κ3) is 7.79. The van der Waals surface area contributed by atoms with Gasteiger partial charge in [-0.05, 0) is 39.5 Å². The summed E-state index contributed by atoms with van der Waals surface area (Å²) in [6.07, 6.45) is 3.99. The standard InChI is InChI=1S/C17H32N4OS/c1-5-7-15(9-11-22)12-20-17(18-6-2)19-10-8-16-21-13(3)14(4)23-16/h15,22H,5-12H2,1-4H3,(H2,18,19,20). The fourth-order valence-corrected chi connectivity index (χ4v) is 3.35. The van der Waals surface area contributed by atoms with E-state index < -0.39 is 0 Å². The van der Waals surface area contributed by atoms with Crippen LogP contribution >= 0.6 is 11.3 Å². The first kappa shape index (κ1) is 19.9. The Morgan fingerprint density at radius 3 is 2.61 bits per heavy atom. The number of hydrogen-bond donors (Lipinski definition) is 3. The third-order valence-corrected chi connectivity index (χ3v) is 4.92. The number of hydrogen-bond acceptors (Lipinski definition) is 4. The number of nitrogens with zero attached hydrogens (tertiary/aromatic N) is 2. The number of guanidine groups is 1. The van der Waals surface area contributed by atoms with Crippen LogP contribution in [0.3, 0.4) is 0 Å². The molecule has 0 radical (unpaired) electrons. The van der Waals surface area contributed by atoms with Crippen molar-refractivity contribution in [2.45, 2.75) is 53.4 Å². The van der Waals surface area contributed by atoms with Crippen LogP contribution in [0.4, 0.5) is 0 Å². The first-order chi connectivity index (χ1) is 11.1. The first-order valence-electron chi connectivity index (χ1n) is 8.66. The van der Waals surface area contributed by atoms with E-state index in [0.717, 1.165) is 57.0 Å². The van der Waals surface area contributed by atoms with Crippen LogP contribution in [0.2, 0.25) is 0 Å². The second-order valence-corrected chi connectivity index (χ2v) is 7.10. The Hall–Kier alpha value is -1.14. The van der Waals surface area contributed by atoms with Gasteiger partial charge >= 0.3 is 0 Å². The van der Waals surface area contributed by atoms with Gasteiger partial charge in [0.1, 0.15) is 0 Å². The molecule has 6 heteroatoms. The number of aliphatic imine (C=N–C) groups is 1. The highest BCUT2D eigenvalue weighted by molar-refractivity contribution is 7.11. The average molecular weight is 341 g/mol. The predicted octanol–water partition coefficient (Wildman–Crippen LogP) is 2.66. The Morgan fingerprint density at radius 2 is 2.04 bits per heavy atom. The maximum atomic E-state index is 9.14. The van der Waals surface area contributed by atoms with Gasteiger partial charge in [-0.1, -0.05) is 13.3 Å². The van der Waals surface area contributed by atoms with Crippen LogP contribution in [-0.4, -0.2) is 42.3 Å². The van der Waals surface area contributed by atoms with Gasteiger partial charge < -0.3 is 15.7 Å². The molecule has 0 bridgehead atoms. The van der Waals surface area contributed by atoms with E-state index in [1.54, 1.807) is 11.3 Å². The van der Waals surface area contributed by atoms with Gasteiger partial charge in [0.05, 0.1) is 10.7 Å². The summed E-state index contributed by atoms with van der Waals surface area (Å²) < 4.78 is 0. The Bertz CT molecular complexity index is 448.